The molecule has 6 aromatic rings. The van der Waals surface area contributed by atoms with Gasteiger partial charge in [0.2, 0.25) is 0 Å². The van der Waals surface area contributed by atoms with E-state index in [1.54, 1.807) is 0 Å². The molecule has 4 heteroatoms. The molecule has 0 fully saturated rings. The summed E-state index contributed by atoms with van der Waals surface area (Å²) in [5.74, 6) is -0.103. The Morgan fingerprint density at radius 2 is 1.00 bits per heavy atom. The lowest BCUT2D eigenvalue weighted by Gasteiger charge is -2.31. The van der Waals surface area contributed by atoms with Crippen LogP contribution in [0.25, 0.3) is 44.2 Å². The number of hydrogen-bond acceptors (Lipinski definition) is 3. The largest absolute Gasteiger partial charge is 0.398 e. The molecule has 0 spiro atoms. The summed E-state index contributed by atoms with van der Waals surface area (Å²) in [7, 11) is 0. The molecule has 1 amide bonds. The van der Waals surface area contributed by atoms with Crippen LogP contribution in [0.3, 0.4) is 0 Å². The van der Waals surface area contributed by atoms with Gasteiger partial charge in [0.25, 0.3) is 5.91 Å². The van der Waals surface area contributed by atoms with E-state index in [2.05, 4.69) is 30.3 Å². The Hall–Kier alpha value is -5.48. The predicted molar refractivity (Wildman–Crippen MR) is 165 cm³/mol. The van der Waals surface area contributed by atoms with Crippen molar-refractivity contribution >= 4 is 33.9 Å². The Kier molecular flexibility index (Phi) is 5.53. The van der Waals surface area contributed by atoms with Crippen LogP contribution < -0.4 is 10.6 Å². The van der Waals surface area contributed by atoms with Crippen molar-refractivity contribution in [1.29, 1.82) is 5.41 Å². The Morgan fingerprint density at radius 3 is 1.57 bits per heavy atom. The summed E-state index contributed by atoms with van der Waals surface area (Å²) in [5, 5.41) is 10.8. The first kappa shape index (κ1) is 23.6. The number of benzene rings is 6. The van der Waals surface area contributed by atoms with Crippen LogP contribution in [-0.4, -0.2) is 11.7 Å². The summed E-state index contributed by atoms with van der Waals surface area (Å²) < 4.78 is 0. The fourth-order valence-corrected chi connectivity index (χ4v) is 5.68. The summed E-state index contributed by atoms with van der Waals surface area (Å²) >= 11 is 0. The van der Waals surface area contributed by atoms with Gasteiger partial charge in [-0.05, 0) is 69.8 Å². The number of nitrogens with two attached hydrogens (primary N) is 1. The molecule has 0 saturated heterocycles. The lowest BCUT2D eigenvalue weighted by Crippen LogP contribution is -2.40. The van der Waals surface area contributed by atoms with Gasteiger partial charge in [0, 0.05) is 27.6 Å². The summed E-state index contributed by atoms with van der Waals surface area (Å²) in [6, 6.07) is 43.9. The first-order chi connectivity index (χ1) is 19.6. The molecule has 7 rings (SSSR count). The third kappa shape index (κ3) is 3.77. The Labute approximate surface area is 232 Å². The van der Waals surface area contributed by atoms with Crippen molar-refractivity contribution in [3.8, 4) is 33.4 Å². The minimum Gasteiger partial charge on any atom is -0.398 e. The van der Waals surface area contributed by atoms with Crippen molar-refractivity contribution in [2.24, 2.45) is 0 Å². The number of hydrogen-bond donors (Lipinski definition) is 2. The van der Waals surface area contributed by atoms with Crippen molar-refractivity contribution < 1.29 is 4.79 Å². The molecule has 1 aliphatic rings. The Bertz CT molecular complexity index is 1850. The predicted octanol–water partition coefficient (Wildman–Crippen LogP) is 8.41. The van der Waals surface area contributed by atoms with Crippen LogP contribution in [0.2, 0.25) is 0 Å². The van der Waals surface area contributed by atoms with Gasteiger partial charge in [0.15, 0.2) is 0 Å². The molecular formula is C36H25N3O. The van der Waals surface area contributed by atoms with Gasteiger partial charge in [-0.2, -0.15) is 0 Å². The zero-order valence-electron chi connectivity index (χ0n) is 21.6. The number of nitrogens with zero attached hydrogens (tertiary/aromatic N) is 1. The van der Waals surface area contributed by atoms with Crippen LogP contribution in [0.4, 0.5) is 11.4 Å². The molecular weight excluding hydrogens is 490 g/mol. The Morgan fingerprint density at radius 1 is 0.500 bits per heavy atom. The highest BCUT2D eigenvalue weighted by atomic mass is 16.2. The molecule has 0 radical (unpaired) electrons. The first-order valence-electron chi connectivity index (χ1n) is 13.2. The maximum atomic E-state index is 14.2. The van der Waals surface area contributed by atoms with E-state index < -0.39 is 0 Å². The highest BCUT2D eigenvalue weighted by Crippen LogP contribution is 2.42. The van der Waals surface area contributed by atoms with E-state index in [9.17, 15) is 10.2 Å². The van der Waals surface area contributed by atoms with E-state index >= 15 is 0 Å². The second-order valence-corrected chi connectivity index (χ2v) is 9.97. The van der Waals surface area contributed by atoms with Crippen molar-refractivity contribution in [1.82, 2.24) is 0 Å². The van der Waals surface area contributed by atoms with E-state index in [0.29, 0.717) is 22.5 Å². The van der Waals surface area contributed by atoms with Gasteiger partial charge in [-0.1, -0.05) is 97.1 Å². The molecule has 4 nitrogen and oxygen atoms in total. The van der Waals surface area contributed by atoms with Gasteiger partial charge in [-0.25, -0.2) is 0 Å². The number of carbonyl (C=O) groups excluding carboxylic acids is 1. The molecule has 0 saturated carbocycles. The van der Waals surface area contributed by atoms with Crippen LogP contribution in [0, 0.1) is 5.41 Å². The first-order valence-corrected chi connectivity index (χ1v) is 13.2. The van der Waals surface area contributed by atoms with E-state index in [0.717, 1.165) is 44.2 Å². The highest BCUT2D eigenvalue weighted by Gasteiger charge is 2.33. The molecule has 1 aliphatic heterocycles. The number of amidine groups is 1. The van der Waals surface area contributed by atoms with Gasteiger partial charge < -0.3 is 5.73 Å². The smallest absolute Gasteiger partial charge is 0.264 e. The number of nitrogens with one attached hydrogen (secondary N) is 1. The number of carbonyl (C=O) groups is 1. The van der Waals surface area contributed by atoms with Gasteiger partial charge in [0.05, 0.1) is 5.69 Å². The standard InChI is InChI=1S/C36H25N3O/c37-32-19-18-30-33-31(17-16-29(34(32)33)25-14-8-3-9-15-25)36(40)39(35(30)38)28-21-26(23-10-4-1-5-11-23)20-27(22-28)24-12-6-2-7-13-24/h1-22,38H,37H2. The minimum atomic E-state index is -0.239. The van der Waals surface area contributed by atoms with E-state index in [1.165, 1.54) is 4.90 Å². The average molecular weight is 516 g/mol. The third-order valence-electron chi connectivity index (χ3n) is 7.58. The van der Waals surface area contributed by atoms with Crippen molar-refractivity contribution in [3.05, 3.63) is 145 Å². The van der Waals surface area contributed by atoms with Crippen LogP contribution in [0.15, 0.2) is 133 Å². The van der Waals surface area contributed by atoms with Gasteiger partial charge >= 0.3 is 0 Å². The van der Waals surface area contributed by atoms with Gasteiger partial charge in [-0.15, -0.1) is 0 Å². The summed E-state index contributed by atoms with van der Waals surface area (Å²) in [4.78, 5) is 15.7. The van der Waals surface area contributed by atoms with E-state index in [-0.39, 0.29) is 11.7 Å². The summed E-state index contributed by atoms with van der Waals surface area (Å²) in [6.07, 6.45) is 0. The number of amides is 1. The van der Waals surface area contributed by atoms with E-state index in [4.69, 9.17) is 5.73 Å². The van der Waals surface area contributed by atoms with Gasteiger partial charge in [-0.3, -0.25) is 15.1 Å². The fourth-order valence-electron chi connectivity index (χ4n) is 5.68. The number of rotatable bonds is 4. The molecule has 0 aliphatic carbocycles. The SMILES string of the molecule is N=C1c2ccc(N)c3c(-c4ccccc4)ccc(c23)C(=O)N1c1cc(-c2ccccc2)cc(-c2ccccc2)c1. The molecule has 190 valence electrons. The molecule has 0 aromatic heterocycles. The van der Waals surface area contributed by atoms with Crippen molar-refractivity contribution in [2.75, 3.05) is 10.6 Å². The maximum Gasteiger partial charge on any atom is 0.264 e. The topological polar surface area (TPSA) is 70.2 Å². The monoisotopic (exact) mass is 515 g/mol. The Balaban J connectivity index is 1.43. The molecule has 0 bridgehead atoms. The fraction of sp³-hybridized carbons (Fsp3) is 0. The molecule has 6 aromatic carbocycles. The number of anilines is 2. The third-order valence-corrected chi connectivity index (χ3v) is 7.58. The summed E-state index contributed by atoms with van der Waals surface area (Å²) in [5.41, 5.74) is 15.0. The second-order valence-electron chi connectivity index (χ2n) is 9.97. The molecule has 1 heterocycles. The number of nitrogen functional groups attached to an aromatic ring is 1. The van der Waals surface area contributed by atoms with Crippen molar-refractivity contribution in [2.45, 2.75) is 0 Å². The van der Waals surface area contributed by atoms with E-state index in [1.807, 2.05) is 103 Å². The summed E-state index contributed by atoms with van der Waals surface area (Å²) in [6.45, 7) is 0. The zero-order valence-corrected chi connectivity index (χ0v) is 21.6. The highest BCUT2D eigenvalue weighted by molar-refractivity contribution is 6.38. The molecule has 3 N–H and O–H groups in total. The molecule has 0 atom stereocenters. The van der Waals surface area contributed by atoms with Crippen LogP contribution in [0.1, 0.15) is 15.9 Å². The second kappa shape index (κ2) is 9.37. The maximum absolute atomic E-state index is 14.2. The molecule has 0 unspecified atom stereocenters. The lowest BCUT2D eigenvalue weighted by molar-refractivity contribution is 0.100. The normalized spacial score (nSPS) is 12.7. The van der Waals surface area contributed by atoms with Crippen molar-refractivity contribution in [3.63, 3.8) is 0 Å². The van der Waals surface area contributed by atoms with Gasteiger partial charge in [0.1, 0.15) is 5.84 Å². The molecule has 40 heavy (non-hydrogen) atoms. The van der Waals surface area contributed by atoms with Crippen LogP contribution in [-0.2, 0) is 0 Å². The average Bonchev–Trinajstić information content (AvgIpc) is 3.01. The lowest BCUT2D eigenvalue weighted by atomic mass is 9.87. The quantitative estimate of drug-likeness (QED) is 0.231. The zero-order chi connectivity index (χ0) is 27.2. The minimum absolute atomic E-state index is 0.136. The van der Waals surface area contributed by atoms with Crippen LogP contribution >= 0.6 is 0 Å². The van der Waals surface area contributed by atoms with Crippen LogP contribution in [0.5, 0.6) is 0 Å².